The van der Waals surface area contributed by atoms with Gasteiger partial charge in [0.25, 0.3) is 0 Å². The fourth-order valence-electron chi connectivity index (χ4n) is 1.49. The van der Waals surface area contributed by atoms with Crippen LogP contribution in [0.3, 0.4) is 0 Å². The van der Waals surface area contributed by atoms with Gasteiger partial charge in [-0.1, -0.05) is 26.0 Å². The number of halogens is 3. The Morgan fingerprint density at radius 1 is 1.24 bits per heavy atom. The molecule has 0 aliphatic rings. The lowest BCUT2D eigenvalue weighted by molar-refractivity contribution is -0.275. The molecule has 2 nitrogen and oxygen atoms in total. The lowest BCUT2D eigenvalue weighted by Crippen LogP contribution is -2.18. The van der Waals surface area contributed by atoms with Crippen LogP contribution in [0.1, 0.15) is 32.3 Å². The van der Waals surface area contributed by atoms with Crippen molar-refractivity contribution in [2.75, 3.05) is 6.61 Å². The van der Waals surface area contributed by atoms with E-state index in [0.29, 0.717) is 5.56 Å². The summed E-state index contributed by atoms with van der Waals surface area (Å²) in [5, 5.41) is 0. The maximum absolute atomic E-state index is 12.2. The van der Waals surface area contributed by atoms with Crippen molar-refractivity contribution >= 4 is 0 Å². The fraction of sp³-hybridized carbons (Fsp3) is 0.500. The molecule has 5 heteroatoms. The number of alkyl halides is 3. The van der Waals surface area contributed by atoms with Crippen molar-refractivity contribution in [1.82, 2.24) is 0 Å². The maximum atomic E-state index is 12.2. The molecule has 17 heavy (non-hydrogen) atoms. The zero-order chi connectivity index (χ0) is 13.1. The quantitative estimate of drug-likeness (QED) is 0.798. The average molecular weight is 248 g/mol. The number of hydrogen-bond acceptors (Lipinski definition) is 2. The molecule has 0 bridgehead atoms. The number of hydrogen-bond donors (Lipinski definition) is 0. The van der Waals surface area contributed by atoms with Crippen LogP contribution in [0.5, 0.6) is 11.5 Å². The number of rotatable bonds is 4. The number of benzene rings is 1. The van der Waals surface area contributed by atoms with E-state index >= 15 is 0 Å². The summed E-state index contributed by atoms with van der Waals surface area (Å²) in [5.41, 5.74) is 0.702. The first-order chi connectivity index (χ1) is 7.85. The molecule has 0 heterocycles. The normalized spacial score (nSPS) is 11.7. The number of ether oxygens (including phenoxy) is 2. The van der Waals surface area contributed by atoms with E-state index in [-0.39, 0.29) is 24.0 Å². The Kier molecular flexibility index (Phi) is 4.26. The van der Waals surface area contributed by atoms with Crippen LogP contribution < -0.4 is 9.47 Å². The van der Waals surface area contributed by atoms with E-state index in [1.807, 2.05) is 13.8 Å². The monoisotopic (exact) mass is 248 g/mol. The summed E-state index contributed by atoms with van der Waals surface area (Å²) in [5.74, 6) is -0.0544. The molecule has 0 aliphatic heterocycles. The van der Waals surface area contributed by atoms with E-state index in [1.54, 1.807) is 13.0 Å². The summed E-state index contributed by atoms with van der Waals surface area (Å²) in [6, 6.07) is 4.52. The molecule has 0 N–H and O–H groups in total. The highest BCUT2D eigenvalue weighted by Crippen LogP contribution is 2.38. The molecule has 96 valence electrons. The Labute approximate surface area is 98.3 Å². The Bertz CT molecular complexity index is 373. The van der Waals surface area contributed by atoms with Gasteiger partial charge in [0.05, 0.1) is 6.61 Å². The van der Waals surface area contributed by atoms with Crippen molar-refractivity contribution in [2.24, 2.45) is 0 Å². The second-order valence-electron chi connectivity index (χ2n) is 3.81. The van der Waals surface area contributed by atoms with Gasteiger partial charge in [0, 0.05) is 5.56 Å². The predicted molar refractivity (Wildman–Crippen MR) is 58.4 cm³/mol. The highest BCUT2D eigenvalue weighted by molar-refractivity contribution is 5.48. The van der Waals surface area contributed by atoms with Gasteiger partial charge in [0.1, 0.15) is 0 Å². The van der Waals surface area contributed by atoms with Crippen LogP contribution in [0, 0.1) is 0 Å². The van der Waals surface area contributed by atoms with Crippen molar-refractivity contribution < 1.29 is 22.6 Å². The summed E-state index contributed by atoms with van der Waals surface area (Å²) < 4.78 is 45.9. The minimum Gasteiger partial charge on any atom is -0.490 e. The van der Waals surface area contributed by atoms with Crippen molar-refractivity contribution in [2.45, 2.75) is 33.1 Å². The Morgan fingerprint density at radius 2 is 1.88 bits per heavy atom. The van der Waals surface area contributed by atoms with Gasteiger partial charge in [0.15, 0.2) is 11.5 Å². The zero-order valence-corrected chi connectivity index (χ0v) is 9.97. The number of para-hydroxylation sites is 1. The standard InChI is InChI=1S/C12H15F3O2/c1-4-16-11-9(8(2)3)6-5-7-10(11)17-12(13,14)15/h5-8H,4H2,1-3H3. The average Bonchev–Trinajstić information content (AvgIpc) is 2.18. The Balaban J connectivity index is 3.15. The van der Waals surface area contributed by atoms with Crippen LogP contribution in [0.25, 0.3) is 0 Å². The topological polar surface area (TPSA) is 18.5 Å². The first-order valence-electron chi connectivity index (χ1n) is 5.36. The fourth-order valence-corrected chi connectivity index (χ4v) is 1.49. The third-order valence-electron chi connectivity index (χ3n) is 2.15. The van der Waals surface area contributed by atoms with Gasteiger partial charge in [-0.2, -0.15) is 0 Å². The first kappa shape index (κ1) is 13.7. The molecule has 0 atom stereocenters. The highest BCUT2D eigenvalue weighted by Gasteiger charge is 2.33. The van der Waals surface area contributed by atoms with Gasteiger partial charge < -0.3 is 9.47 Å². The van der Waals surface area contributed by atoms with Crippen LogP contribution in [0.15, 0.2) is 18.2 Å². The van der Waals surface area contributed by atoms with Gasteiger partial charge in [-0.25, -0.2) is 0 Å². The molecule has 1 rings (SSSR count). The molecule has 0 saturated carbocycles. The summed E-state index contributed by atoms with van der Waals surface area (Å²) in [6.07, 6.45) is -4.71. The van der Waals surface area contributed by atoms with Crippen LogP contribution in [0.2, 0.25) is 0 Å². The summed E-state index contributed by atoms with van der Waals surface area (Å²) >= 11 is 0. The van der Waals surface area contributed by atoms with Crippen molar-refractivity contribution in [3.8, 4) is 11.5 Å². The zero-order valence-electron chi connectivity index (χ0n) is 9.97. The van der Waals surface area contributed by atoms with Crippen LogP contribution in [0.4, 0.5) is 13.2 Å². The second-order valence-corrected chi connectivity index (χ2v) is 3.81. The second kappa shape index (κ2) is 5.29. The smallest absolute Gasteiger partial charge is 0.490 e. The molecule has 1 aromatic rings. The van der Waals surface area contributed by atoms with Crippen LogP contribution >= 0.6 is 0 Å². The Hall–Kier alpha value is -1.39. The minimum atomic E-state index is -4.71. The lowest BCUT2D eigenvalue weighted by atomic mass is 10.0. The molecule has 0 aliphatic carbocycles. The summed E-state index contributed by atoms with van der Waals surface area (Å²) in [6.45, 7) is 5.77. The molecular weight excluding hydrogens is 233 g/mol. The highest BCUT2D eigenvalue weighted by atomic mass is 19.4. The molecule has 0 saturated heterocycles. The van der Waals surface area contributed by atoms with E-state index in [9.17, 15) is 13.2 Å². The van der Waals surface area contributed by atoms with Gasteiger partial charge in [0.2, 0.25) is 0 Å². The van der Waals surface area contributed by atoms with Gasteiger partial charge in [-0.3, -0.25) is 0 Å². The third-order valence-corrected chi connectivity index (χ3v) is 2.15. The predicted octanol–water partition coefficient (Wildman–Crippen LogP) is 4.11. The summed E-state index contributed by atoms with van der Waals surface area (Å²) in [7, 11) is 0. The molecule has 0 radical (unpaired) electrons. The van der Waals surface area contributed by atoms with E-state index in [4.69, 9.17) is 4.74 Å². The molecule has 1 aromatic carbocycles. The Morgan fingerprint density at radius 3 is 2.35 bits per heavy atom. The van der Waals surface area contributed by atoms with E-state index in [0.717, 1.165) is 0 Å². The first-order valence-corrected chi connectivity index (χ1v) is 5.36. The SMILES string of the molecule is CCOc1c(OC(F)(F)F)cccc1C(C)C. The van der Waals surface area contributed by atoms with E-state index in [1.165, 1.54) is 12.1 Å². The molecular formula is C12H15F3O2. The van der Waals surface area contributed by atoms with Crippen LogP contribution in [-0.2, 0) is 0 Å². The molecule has 0 spiro atoms. The van der Waals surface area contributed by atoms with E-state index in [2.05, 4.69) is 4.74 Å². The van der Waals surface area contributed by atoms with Crippen molar-refractivity contribution in [3.63, 3.8) is 0 Å². The molecule has 0 aromatic heterocycles. The van der Waals surface area contributed by atoms with E-state index < -0.39 is 6.36 Å². The lowest BCUT2D eigenvalue weighted by Gasteiger charge is -2.18. The van der Waals surface area contributed by atoms with Gasteiger partial charge in [-0.15, -0.1) is 13.2 Å². The third kappa shape index (κ3) is 3.84. The van der Waals surface area contributed by atoms with Crippen molar-refractivity contribution in [1.29, 1.82) is 0 Å². The van der Waals surface area contributed by atoms with Gasteiger partial charge in [-0.05, 0) is 18.9 Å². The maximum Gasteiger partial charge on any atom is 0.573 e. The van der Waals surface area contributed by atoms with Crippen LogP contribution in [-0.4, -0.2) is 13.0 Å². The summed E-state index contributed by atoms with van der Waals surface area (Å²) in [4.78, 5) is 0. The van der Waals surface area contributed by atoms with Gasteiger partial charge >= 0.3 is 6.36 Å². The largest absolute Gasteiger partial charge is 0.573 e. The molecule has 0 fully saturated rings. The molecule has 0 unspecified atom stereocenters. The molecule has 0 amide bonds. The van der Waals surface area contributed by atoms with Crippen molar-refractivity contribution in [3.05, 3.63) is 23.8 Å². The minimum absolute atomic E-state index is 0.0633.